The van der Waals surface area contributed by atoms with Gasteiger partial charge in [0.2, 0.25) is 0 Å². The lowest BCUT2D eigenvalue weighted by Crippen LogP contribution is -1.97. The van der Waals surface area contributed by atoms with Gasteiger partial charge in [0, 0.05) is 37.4 Å². The van der Waals surface area contributed by atoms with Gasteiger partial charge in [0.25, 0.3) is 0 Å². The van der Waals surface area contributed by atoms with Crippen LogP contribution in [0, 0.1) is 0 Å². The summed E-state index contributed by atoms with van der Waals surface area (Å²) < 4.78 is 11.5. The highest BCUT2D eigenvalue weighted by atomic mass is 32.1. The minimum absolute atomic E-state index is 0.703. The fraction of sp³-hybridized carbons (Fsp3) is 0. The Balaban J connectivity index is 1.28. The van der Waals surface area contributed by atoms with Crippen molar-refractivity contribution < 1.29 is 4.42 Å². The molecule has 0 fully saturated rings. The first kappa shape index (κ1) is 26.7. The molecule has 228 valence electrons. The van der Waals surface area contributed by atoms with Crippen LogP contribution in [0.4, 0.5) is 0 Å². The Morgan fingerprint density at radius 2 is 1.27 bits per heavy atom. The van der Waals surface area contributed by atoms with E-state index in [1.807, 2.05) is 24.3 Å². The number of aromatic nitrogens is 3. The number of benzene rings is 7. The molecule has 0 saturated heterocycles. The van der Waals surface area contributed by atoms with Crippen LogP contribution in [-0.2, 0) is 0 Å². The first-order valence-corrected chi connectivity index (χ1v) is 17.2. The van der Waals surface area contributed by atoms with E-state index in [4.69, 9.17) is 14.4 Å². The van der Waals surface area contributed by atoms with Crippen molar-refractivity contribution in [1.29, 1.82) is 0 Å². The highest BCUT2D eigenvalue weighted by molar-refractivity contribution is 7.26. The van der Waals surface area contributed by atoms with Gasteiger partial charge in [-0.25, -0.2) is 9.97 Å². The normalized spacial score (nSPS) is 12.1. The summed E-state index contributed by atoms with van der Waals surface area (Å²) in [7, 11) is 0. The van der Waals surface area contributed by atoms with Crippen molar-refractivity contribution in [2.75, 3.05) is 0 Å². The van der Waals surface area contributed by atoms with E-state index in [2.05, 4.69) is 132 Å². The van der Waals surface area contributed by atoms with Crippen molar-refractivity contribution in [2.24, 2.45) is 0 Å². The smallest absolute Gasteiger partial charge is 0.160 e. The Hall–Kier alpha value is -6.30. The summed E-state index contributed by atoms with van der Waals surface area (Å²) in [6, 6.07) is 53.5. The molecule has 0 N–H and O–H groups in total. The van der Waals surface area contributed by atoms with Gasteiger partial charge in [-0.2, -0.15) is 0 Å². The molecule has 49 heavy (non-hydrogen) atoms. The molecule has 0 unspecified atom stereocenters. The van der Waals surface area contributed by atoms with E-state index < -0.39 is 0 Å². The molecule has 4 heterocycles. The maximum Gasteiger partial charge on any atom is 0.160 e. The summed E-state index contributed by atoms with van der Waals surface area (Å²) in [6.07, 6.45) is 0. The van der Waals surface area contributed by atoms with E-state index >= 15 is 0 Å². The number of hydrogen-bond acceptors (Lipinski definition) is 4. The highest BCUT2D eigenvalue weighted by Gasteiger charge is 2.24. The van der Waals surface area contributed by atoms with Crippen LogP contribution in [-0.4, -0.2) is 14.5 Å². The molecular formula is C44H25N3OS. The number of furan rings is 1. The average Bonchev–Trinajstić information content (AvgIpc) is 3.84. The van der Waals surface area contributed by atoms with Crippen LogP contribution in [0.25, 0.3) is 103 Å². The van der Waals surface area contributed by atoms with Crippen LogP contribution < -0.4 is 0 Å². The lowest BCUT2D eigenvalue weighted by Gasteiger charge is -2.13. The molecular weight excluding hydrogens is 619 g/mol. The third-order valence-electron chi connectivity index (χ3n) is 9.79. The van der Waals surface area contributed by atoms with E-state index in [0.29, 0.717) is 5.82 Å². The van der Waals surface area contributed by atoms with Crippen LogP contribution in [0.15, 0.2) is 156 Å². The number of fused-ring (bicyclic) bond motifs is 10. The average molecular weight is 644 g/mol. The predicted octanol–water partition coefficient (Wildman–Crippen LogP) is 12.3. The van der Waals surface area contributed by atoms with Gasteiger partial charge in [0.1, 0.15) is 11.2 Å². The van der Waals surface area contributed by atoms with Crippen molar-refractivity contribution >= 4 is 86.2 Å². The predicted molar refractivity (Wildman–Crippen MR) is 205 cm³/mol. The zero-order valence-corrected chi connectivity index (χ0v) is 26.9. The summed E-state index contributed by atoms with van der Waals surface area (Å²) in [5.74, 6) is 0.703. The SMILES string of the molecule is c1ccc(-c2nc(-c3ccc(-n4c5ccccc5c5cc6ccccc6cc54)c4c3oc3ccccc34)c3sc4ccccc4c3n2)cc1. The second-order valence-corrected chi connectivity index (χ2v) is 13.6. The van der Waals surface area contributed by atoms with Gasteiger partial charge >= 0.3 is 0 Å². The van der Waals surface area contributed by atoms with Crippen LogP contribution in [0.1, 0.15) is 0 Å². The molecule has 0 spiro atoms. The molecule has 0 aliphatic rings. The lowest BCUT2D eigenvalue weighted by molar-refractivity contribution is 0.670. The van der Waals surface area contributed by atoms with Crippen LogP contribution in [0.2, 0.25) is 0 Å². The standard InChI is InChI=1S/C44H25N3OS/c1-2-12-26(13-3-1)44-45-40-31-18-8-11-21-38(31)49-43(40)41(46-44)32-22-23-35(39-30-17-7-10-20-37(30)48-42(32)39)47-34-19-9-6-16-29(34)33-24-27-14-4-5-15-28(27)25-36(33)47/h1-25H. The van der Waals surface area contributed by atoms with Crippen molar-refractivity contribution in [3.05, 3.63) is 152 Å². The monoisotopic (exact) mass is 643 g/mol. The quantitative estimate of drug-likeness (QED) is 0.192. The number of hydrogen-bond donors (Lipinski definition) is 0. The topological polar surface area (TPSA) is 43.9 Å². The van der Waals surface area contributed by atoms with Crippen LogP contribution in [0.5, 0.6) is 0 Å². The Morgan fingerprint density at radius 3 is 2.14 bits per heavy atom. The van der Waals surface area contributed by atoms with Gasteiger partial charge in [0.05, 0.1) is 38.0 Å². The van der Waals surface area contributed by atoms with E-state index in [0.717, 1.165) is 65.6 Å². The molecule has 5 heteroatoms. The molecule has 11 aromatic rings. The van der Waals surface area contributed by atoms with Crippen molar-refractivity contribution in [3.8, 4) is 28.3 Å². The fourth-order valence-corrected chi connectivity index (χ4v) is 8.73. The molecule has 0 radical (unpaired) electrons. The lowest BCUT2D eigenvalue weighted by atomic mass is 10.0. The van der Waals surface area contributed by atoms with Crippen LogP contribution in [0.3, 0.4) is 0 Å². The zero-order valence-electron chi connectivity index (χ0n) is 26.1. The zero-order chi connectivity index (χ0) is 32.1. The van der Waals surface area contributed by atoms with Crippen LogP contribution >= 0.6 is 11.3 Å². The van der Waals surface area contributed by atoms with Gasteiger partial charge in [-0.05, 0) is 53.2 Å². The highest BCUT2D eigenvalue weighted by Crippen LogP contribution is 2.46. The van der Waals surface area contributed by atoms with Crippen molar-refractivity contribution in [1.82, 2.24) is 14.5 Å². The maximum atomic E-state index is 6.87. The third-order valence-corrected chi connectivity index (χ3v) is 11.0. The Bertz CT molecular complexity index is 3110. The van der Waals surface area contributed by atoms with Gasteiger partial charge in [-0.1, -0.05) is 109 Å². The second-order valence-electron chi connectivity index (χ2n) is 12.5. The third kappa shape index (κ3) is 3.85. The fourth-order valence-electron chi connectivity index (χ4n) is 7.59. The molecule has 4 aromatic heterocycles. The molecule has 0 saturated carbocycles. The minimum atomic E-state index is 0.703. The minimum Gasteiger partial charge on any atom is -0.455 e. The summed E-state index contributed by atoms with van der Waals surface area (Å²) in [5, 5.41) is 8.18. The number of thiophene rings is 1. The van der Waals surface area contributed by atoms with Gasteiger partial charge in [-0.3, -0.25) is 0 Å². The number of nitrogens with zero attached hydrogens (tertiary/aromatic N) is 3. The Morgan fingerprint density at radius 1 is 0.551 bits per heavy atom. The van der Waals surface area contributed by atoms with Crippen molar-refractivity contribution in [2.45, 2.75) is 0 Å². The molecule has 0 aliphatic heterocycles. The first-order chi connectivity index (χ1) is 24.3. The summed E-state index contributed by atoms with van der Waals surface area (Å²) >= 11 is 1.74. The van der Waals surface area contributed by atoms with E-state index in [-0.39, 0.29) is 0 Å². The molecule has 0 amide bonds. The Labute approximate surface area is 284 Å². The molecule has 4 nitrogen and oxygen atoms in total. The number of rotatable bonds is 3. The Kier molecular flexibility index (Phi) is 5.51. The van der Waals surface area contributed by atoms with Gasteiger partial charge in [0.15, 0.2) is 5.82 Å². The maximum absolute atomic E-state index is 6.87. The second kappa shape index (κ2) is 10.1. The van der Waals surface area contributed by atoms with E-state index in [9.17, 15) is 0 Å². The van der Waals surface area contributed by atoms with Crippen molar-refractivity contribution in [3.63, 3.8) is 0 Å². The number of para-hydroxylation sites is 2. The molecule has 0 bridgehead atoms. The van der Waals surface area contributed by atoms with E-state index in [1.165, 1.54) is 31.8 Å². The van der Waals surface area contributed by atoms with Gasteiger partial charge < -0.3 is 8.98 Å². The molecule has 0 atom stereocenters. The largest absolute Gasteiger partial charge is 0.455 e. The first-order valence-electron chi connectivity index (χ1n) is 16.4. The molecule has 7 aromatic carbocycles. The molecule has 11 rings (SSSR count). The summed E-state index contributed by atoms with van der Waals surface area (Å²) in [6.45, 7) is 0. The van der Waals surface area contributed by atoms with E-state index in [1.54, 1.807) is 11.3 Å². The summed E-state index contributed by atoms with van der Waals surface area (Å²) in [4.78, 5) is 10.5. The van der Waals surface area contributed by atoms with Gasteiger partial charge in [-0.15, -0.1) is 11.3 Å². The summed E-state index contributed by atoms with van der Waals surface area (Å²) in [5.41, 5.74) is 8.86. The molecule has 0 aliphatic carbocycles.